The first kappa shape index (κ1) is 16.1. The lowest BCUT2D eigenvalue weighted by Crippen LogP contribution is -2.24. The summed E-state index contributed by atoms with van der Waals surface area (Å²) in [7, 11) is -3.95. The molecule has 1 aliphatic carbocycles. The van der Waals surface area contributed by atoms with Gasteiger partial charge in [-0.2, -0.15) is 10.1 Å². The maximum atomic E-state index is 12.2. The zero-order chi connectivity index (χ0) is 17.5. The van der Waals surface area contributed by atoms with Gasteiger partial charge in [-0.15, -0.1) is 0 Å². The number of aliphatic imine (C=N–C) groups is 1. The number of carbonyl (C=O) groups is 1. The summed E-state index contributed by atoms with van der Waals surface area (Å²) in [6.45, 7) is 0. The highest BCUT2D eigenvalue weighted by Gasteiger charge is 2.34. The van der Waals surface area contributed by atoms with Crippen LogP contribution in [0.15, 0.2) is 40.4 Å². The fraction of sp³-hybridized carbons (Fsp3) is 0.214. The van der Waals surface area contributed by atoms with Gasteiger partial charge in [0.25, 0.3) is 5.91 Å². The van der Waals surface area contributed by atoms with Crippen molar-refractivity contribution in [2.45, 2.75) is 23.7 Å². The Hall–Kier alpha value is -2.72. The molecule has 9 nitrogen and oxygen atoms in total. The summed E-state index contributed by atoms with van der Waals surface area (Å²) < 4.78 is 25.1. The maximum absolute atomic E-state index is 12.2. The Labute approximate surface area is 138 Å². The van der Waals surface area contributed by atoms with Gasteiger partial charge in [-0.1, -0.05) is 12.1 Å². The third-order valence-electron chi connectivity index (χ3n) is 3.63. The largest absolute Gasteiger partial charge is 0.370 e. The number of hydrogen-bond acceptors (Lipinski definition) is 4. The molecule has 1 saturated carbocycles. The molecule has 0 unspecified atom stereocenters. The molecule has 1 aromatic heterocycles. The van der Waals surface area contributed by atoms with Gasteiger partial charge in [0.1, 0.15) is 4.90 Å². The number of amides is 1. The van der Waals surface area contributed by atoms with Crippen LogP contribution in [0.2, 0.25) is 0 Å². The molecule has 3 rings (SSSR count). The molecule has 0 spiro atoms. The van der Waals surface area contributed by atoms with E-state index in [1.54, 1.807) is 18.2 Å². The second kappa shape index (κ2) is 5.73. The first-order valence-electron chi connectivity index (χ1n) is 7.13. The summed E-state index contributed by atoms with van der Waals surface area (Å²) in [4.78, 5) is 15.7. The second-order valence-electron chi connectivity index (χ2n) is 5.48. The number of para-hydroxylation sites is 1. The van der Waals surface area contributed by atoms with E-state index in [9.17, 15) is 13.2 Å². The molecule has 1 heterocycles. The molecular weight excluding hydrogens is 332 g/mol. The minimum Gasteiger partial charge on any atom is -0.370 e. The minimum absolute atomic E-state index is 0.0733. The van der Waals surface area contributed by atoms with Crippen molar-refractivity contribution in [1.82, 2.24) is 9.78 Å². The van der Waals surface area contributed by atoms with Crippen LogP contribution in [0.4, 0.5) is 0 Å². The highest BCUT2D eigenvalue weighted by molar-refractivity contribution is 7.89. The Morgan fingerprint density at radius 3 is 2.50 bits per heavy atom. The Morgan fingerprint density at radius 1 is 1.25 bits per heavy atom. The topological polar surface area (TPSA) is 159 Å². The summed E-state index contributed by atoms with van der Waals surface area (Å²) in [6.07, 6.45) is 3.07. The van der Waals surface area contributed by atoms with Crippen molar-refractivity contribution < 1.29 is 13.2 Å². The molecule has 10 heteroatoms. The Morgan fingerprint density at radius 2 is 1.92 bits per heavy atom. The van der Waals surface area contributed by atoms with Crippen LogP contribution in [0.3, 0.4) is 0 Å². The molecular formula is C14H16N6O3S. The molecule has 24 heavy (non-hydrogen) atoms. The summed E-state index contributed by atoms with van der Waals surface area (Å²) in [5.41, 5.74) is 11.6. The normalized spacial score (nSPS) is 14.4. The molecule has 126 valence electrons. The lowest BCUT2D eigenvalue weighted by atomic mass is 10.1. The van der Waals surface area contributed by atoms with E-state index in [1.165, 1.54) is 16.9 Å². The number of aromatic nitrogens is 2. The van der Waals surface area contributed by atoms with Crippen molar-refractivity contribution in [3.05, 3.63) is 41.7 Å². The molecule has 1 amide bonds. The van der Waals surface area contributed by atoms with E-state index in [4.69, 9.17) is 16.6 Å². The van der Waals surface area contributed by atoms with E-state index in [1.807, 2.05) is 0 Å². The van der Waals surface area contributed by atoms with Gasteiger partial charge in [-0.05, 0) is 25.0 Å². The number of benzene rings is 1. The molecule has 1 fully saturated rings. The smallest absolute Gasteiger partial charge is 0.283 e. The van der Waals surface area contributed by atoms with E-state index < -0.39 is 15.9 Å². The summed E-state index contributed by atoms with van der Waals surface area (Å²) >= 11 is 0. The van der Waals surface area contributed by atoms with E-state index in [-0.39, 0.29) is 28.0 Å². The van der Waals surface area contributed by atoms with Crippen LogP contribution >= 0.6 is 0 Å². The zero-order valence-electron chi connectivity index (χ0n) is 12.6. The monoisotopic (exact) mass is 348 g/mol. The molecule has 0 aliphatic heterocycles. The van der Waals surface area contributed by atoms with Gasteiger partial charge in [-0.25, -0.2) is 18.2 Å². The molecule has 0 atom stereocenters. The lowest BCUT2D eigenvalue weighted by Gasteiger charge is -2.11. The number of rotatable bonds is 4. The fourth-order valence-electron chi connectivity index (χ4n) is 2.51. The first-order valence-corrected chi connectivity index (χ1v) is 8.67. The SMILES string of the molecule is NC(N)=NC(=O)c1cnn(-c2ccccc2S(N)(=O)=O)c1C1CC1. The number of hydrogen-bond donors (Lipinski definition) is 3. The number of carbonyl (C=O) groups excluding carboxylic acids is 1. The van der Waals surface area contributed by atoms with Gasteiger partial charge in [-0.3, -0.25) is 4.79 Å². The van der Waals surface area contributed by atoms with Gasteiger partial charge >= 0.3 is 0 Å². The van der Waals surface area contributed by atoms with Crippen LogP contribution in [0, 0.1) is 0 Å². The van der Waals surface area contributed by atoms with Gasteiger partial charge < -0.3 is 11.5 Å². The highest BCUT2D eigenvalue weighted by Crippen LogP contribution is 2.43. The van der Waals surface area contributed by atoms with Crippen molar-refractivity contribution in [2.24, 2.45) is 21.6 Å². The fourth-order valence-corrected chi connectivity index (χ4v) is 3.23. The van der Waals surface area contributed by atoms with Gasteiger partial charge in [0.2, 0.25) is 10.0 Å². The highest BCUT2D eigenvalue weighted by atomic mass is 32.2. The molecule has 0 saturated heterocycles. The van der Waals surface area contributed by atoms with Crippen LogP contribution in [-0.4, -0.2) is 30.1 Å². The number of guanidine groups is 1. The predicted molar refractivity (Wildman–Crippen MR) is 87.1 cm³/mol. The van der Waals surface area contributed by atoms with E-state index in [2.05, 4.69) is 10.1 Å². The molecule has 0 bridgehead atoms. The second-order valence-corrected chi connectivity index (χ2v) is 7.01. The minimum atomic E-state index is -3.95. The van der Waals surface area contributed by atoms with Crippen LogP contribution in [0.1, 0.15) is 34.8 Å². The van der Waals surface area contributed by atoms with Crippen molar-refractivity contribution in [3.8, 4) is 5.69 Å². The molecule has 1 aromatic carbocycles. The van der Waals surface area contributed by atoms with Crippen molar-refractivity contribution in [2.75, 3.05) is 0 Å². The van der Waals surface area contributed by atoms with Crippen molar-refractivity contribution in [3.63, 3.8) is 0 Å². The Balaban J connectivity index is 2.20. The summed E-state index contributed by atoms with van der Waals surface area (Å²) in [5, 5.41) is 9.45. The third kappa shape index (κ3) is 3.01. The van der Waals surface area contributed by atoms with Crippen molar-refractivity contribution in [1.29, 1.82) is 0 Å². The zero-order valence-corrected chi connectivity index (χ0v) is 13.4. The van der Waals surface area contributed by atoms with Gasteiger partial charge in [0, 0.05) is 5.92 Å². The van der Waals surface area contributed by atoms with E-state index in [0.717, 1.165) is 12.8 Å². The summed E-state index contributed by atoms with van der Waals surface area (Å²) in [5.74, 6) is -0.871. The van der Waals surface area contributed by atoms with Gasteiger partial charge in [0.05, 0.1) is 23.1 Å². The predicted octanol–water partition coefficient (Wildman–Crippen LogP) is -0.189. The van der Waals surface area contributed by atoms with Crippen LogP contribution in [0.5, 0.6) is 0 Å². The van der Waals surface area contributed by atoms with E-state index >= 15 is 0 Å². The third-order valence-corrected chi connectivity index (χ3v) is 4.59. The number of nitrogens with zero attached hydrogens (tertiary/aromatic N) is 3. The molecule has 6 N–H and O–H groups in total. The van der Waals surface area contributed by atoms with Crippen LogP contribution in [-0.2, 0) is 10.0 Å². The number of nitrogens with two attached hydrogens (primary N) is 3. The average Bonchev–Trinajstić information content (AvgIpc) is 3.23. The number of primary sulfonamides is 1. The van der Waals surface area contributed by atoms with Crippen molar-refractivity contribution >= 4 is 21.9 Å². The molecule has 0 radical (unpaired) electrons. The van der Waals surface area contributed by atoms with Crippen LogP contribution < -0.4 is 16.6 Å². The standard InChI is InChI=1S/C14H16N6O3S/c15-14(16)19-13(21)9-7-18-20(12(9)8-5-6-8)10-3-1-2-4-11(10)24(17,22)23/h1-4,7-8H,5-6H2,(H2,17,22,23)(H4,15,16,19,21). The average molecular weight is 348 g/mol. The molecule has 1 aliphatic rings. The van der Waals surface area contributed by atoms with Gasteiger partial charge in [0.15, 0.2) is 5.96 Å². The maximum Gasteiger partial charge on any atom is 0.283 e. The first-order chi connectivity index (χ1) is 11.3. The van der Waals surface area contributed by atoms with Crippen LogP contribution in [0.25, 0.3) is 5.69 Å². The number of sulfonamides is 1. The Kier molecular flexibility index (Phi) is 3.85. The summed E-state index contributed by atoms with van der Waals surface area (Å²) in [6, 6.07) is 6.20. The lowest BCUT2D eigenvalue weighted by molar-refractivity contribution is 0.100. The molecule has 2 aromatic rings. The van der Waals surface area contributed by atoms with E-state index in [0.29, 0.717) is 5.69 Å². The quantitative estimate of drug-likeness (QED) is 0.513. The Bertz CT molecular complexity index is 939.